The number of hydrogen-bond acceptors (Lipinski definition) is 4. The highest BCUT2D eigenvalue weighted by Crippen LogP contribution is 2.06. The highest BCUT2D eigenvalue weighted by Gasteiger charge is 2.23. The van der Waals surface area contributed by atoms with Gasteiger partial charge in [-0.3, -0.25) is 4.79 Å². The zero-order valence-corrected chi connectivity index (χ0v) is 8.76. The second-order valence-electron chi connectivity index (χ2n) is 3.75. The number of carbonyl (C=O) groups is 1. The molecule has 1 unspecified atom stereocenters. The van der Waals surface area contributed by atoms with Gasteiger partial charge < -0.3 is 10.2 Å². The predicted molar refractivity (Wildman–Crippen MR) is 54.1 cm³/mol. The molecule has 82 valence electrons. The minimum absolute atomic E-state index is 0.0780. The summed E-state index contributed by atoms with van der Waals surface area (Å²) in [5.74, 6) is 0.0780. The van der Waals surface area contributed by atoms with E-state index in [1.54, 1.807) is 22.0 Å². The molecule has 1 amide bonds. The minimum atomic E-state index is 0.0780. The van der Waals surface area contributed by atoms with Crippen molar-refractivity contribution in [3.63, 3.8) is 0 Å². The summed E-state index contributed by atoms with van der Waals surface area (Å²) in [4.78, 5) is 13.6. The first kappa shape index (κ1) is 10.1. The van der Waals surface area contributed by atoms with Crippen LogP contribution in [0.15, 0.2) is 12.4 Å². The molecule has 1 fully saturated rings. The molecule has 0 saturated carbocycles. The Hall–Kier alpha value is -1.43. The molecule has 2 rings (SSSR count). The van der Waals surface area contributed by atoms with E-state index in [-0.39, 0.29) is 12.5 Å². The third-order valence-corrected chi connectivity index (χ3v) is 2.74. The topological polar surface area (TPSA) is 63.1 Å². The Morgan fingerprint density at radius 2 is 2.60 bits per heavy atom. The first-order chi connectivity index (χ1) is 7.27. The lowest BCUT2D eigenvalue weighted by molar-refractivity contribution is -0.132. The lowest BCUT2D eigenvalue weighted by Gasteiger charge is -2.23. The first-order valence-electron chi connectivity index (χ1n) is 5.08. The highest BCUT2D eigenvalue weighted by molar-refractivity contribution is 5.76. The molecule has 0 spiro atoms. The third kappa shape index (κ3) is 2.33. The number of rotatable bonds is 3. The van der Waals surface area contributed by atoms with E-state index in [1.165, 1.54) is 0 Å². The van der Waals surface area contributed by atoms with E-state index >= 15 is 0 Å². The molecule has 1 N–H and O–H groups in total. The second kappa shape index (κ2) is 4.39. The maximum Gasteiger partial charge on any atom is 0.244 e. The zero-order chi connectivity index (χ0) is 10.7. The predicted octanol–water partition coefficient (Wildman–Crippen LogP) is -0.902. The van der Waals surface area contributed by atoms with Crippen LogP contribution < -0.4 is 5.32 Å². The summed E-state index contributed by atoms with van der Waals surface area (Å²) in [5.41, 5.74) is 0. The maximum absolute atomic E-state index is 11.8. The van der Waals surface area contributed by atoms with Gasteiger partial charge in [-0.2, -0.15) is 0 Å². The van der Waals surface area contributed by atoms with E-state index in [0.717, 1.165) is 19.5 Å². The number of carbonyl (C=O) groups excluding carboxylic acids is 1. The summed E-state index contributed by atoms with van der Waals surface area (Å²) in [7, 11) is 1.84. The largest absolute Gasteiger partial charge is 0.340 e. The lowest BCUT2D eigenvalue weighted by atomic mass is 10.2. The zero-order valence-electron chi connectivity index (χ0n) is 8.76. The summed E-state index contributed by atoms with van der Waals surface area (Å²) in [6.07, 6.45) is 4.29. The van der Waals surface area contributed by atoms with Crippen molar-refractivity contribution in [1.82, 2.24) is 25.2 Å². The Bertz CT molecular complexity index is 317. The third-order valence-electron chi connectivity index (χ3n) is 2.74. The molecule has 6 nitrogen and oxygen atoms in total. The van der Waals surface area contributed by atoms with Crippen LogP contribution in [0.5, 0.6) is 0 Å². The van der Waals surface area contributed by atoms with Crippen LogP contribution in [0.2, 0.25) is 0 Å². The molecule has 0 radical (unpaired) electrons. The van der Waals surface area contributed by atoms with Gasteiger partial charge in [0.1, 0.15) is 6.54 Å². The lowest BCUT2D eigenvalue weighted by Crippen LogP contribution is -2.40. The average Bonchev–Trinajstić information content (AvgIpc) is 2.88. The summed E-state index contributed by atoms with van der Waals surface area (Å²) in [6.45, 7) is 2.15. The van der Waals surface area contributed by atoms with Crippen molar-refractivity contribution >= 4 is 5.91 Å². The Kier molecular flexibility index (Phi) is 2.96. The SMILES string of the molecule is CN(C(=O)Cn1ccnn1)C1CCNC1. The fourth-order valence-corrected chi connectivity index (χ4v) is 1.74. The molecule has 1 atom stereocenters. The van der Waals surface area contributed by atoms with Gasteiger partial charge in [-0.25, -0.2) is 4.68 Å². The standard InChI is InChI=1S/C9H15N5O/c1-13(8-2-3-10-6-8)9(15)7-14-5-4-11-12-14/h4-5,8,10H,2-3,6-7H2,1H3. The molecular weight excluding hydrogens is 194 g/mol. The van der Waals surface area contributed by atoms with Gasteiger partial charge in [0.25, 0.3) is 0 Å². The van der Waals surface area contributed by atoms with E-state index in [4.69, 9.17) is 0 Å². The van der Waals surface area contributed by atoms with Crippen molar-refractivity contribution in [3.8, 4) is 0 Å². The van der Waals surface area contributed by atoms with Gasteiger partial charge in [-0.1, -0.05) is 5.21 Å². The summed E-state index contributed by atoms with van der Waals surface area (Å²) >= 11 is 0. The molecular formula is C9H15N5O. The van der Waals surface area contributed by atoms with E-state index < -0.39 is 0 Å². The van der Waals surface area contributed by atoms with E-state index in [2.05, 4.69) is 15.6 Å². The van der Waals surface area contributed by atoms with Crippen LogP contribution in [-0.2, 0) is 11.3 Å². The van der Waals surface area contributed by atoms with Gasteiger partial charge in [0, 0.05) is 25.8 Å². The van der Waals surface area contributed by atoms with Crippen LogP contribution in [0.3, 0.4) is 0 Å². The van der Waals surface area contributed by atoms with Crippen LogP contribution in [0, 0.1) is 0 Å². The highest BCUT2D eigenvalue weighted by atomic mass is 16.2. The monoisotopic (exact) mass is 209 g/mol. The van der Waals surface area contributed by atoms with Crippen molar-refractivity contribution in [2.45, 2.75) is 19.0 Å². The van der Waals surface area contributed by atoms with Crippen molar-refractivity contribution < 1.29 is 4.79 Å². The van der Waals surface area contributed by atoms with Crippen molar-refractivity contribution in [2.24, 2.45) is 0 Å². The molecule has 1 aliphatic rings. The number of nitrogens with zero attached hydrogens (tertiary/aromatic N) is 4. The Balaban J connectivity index is 1.89. The normalized spacial score (nSPS) is 20.5. The molecule has 1 aliphatic heterocycles. The fraction of sp³-hybridized carbons (Fsp3) is 0.667. The van der Waals surface area contributed by atoms with Crippen molar-refractivity contribution in [3.05, 3.63) is 12.4 Å². The van der Waals surface area contributed by atoms with Gasteiger partial charge in [0.2, 0.25) is 5.91 Å². The number of nitrogens with one attached hydrogen (secondary N) is 1. The molecule has 1 aromatic rings. The molecule has 6 heteroatoms. The minimum Gasteiger partial charge on any atom is -0.340 e. The van der Waals surface area contributed by atoms with E-state index in [9.17, 15) is 4.79 Å². The number of likely N-dealkylation sites (N-methyl/N-ethyl adjacent to an activating group) is 1. The van der Waals surface area contributed by atoms with Gasteiger partial charge in [-0.05, 0) is 13.0 Å². The Labute approximate surface area is 88.2 Å². The van der Waals surface area contributed by atoms with Gasteiger partial charge >= 0.3 is 0 Å². The molecule has 2 heterocycles. The molecule has 15 heavy (non-hydrogen) atoms. The Morgan fingerprint density at radius 3 is 3.20 bits per heavy atom. The van der Waals surface area contributed by atoms with E-state index in [0.29, 0.717) is 6.04 Å². The van der Waals surface area contributed by atoms with Crippen LogP contribution >= 0.6 is 0 Å². The fourth-order valence-electron chi connectivity index (χ4n) is 1.74. The molecule has 1 aromatic heterocycles. The van der Waals surface area contributed by atoms with E-state index in [1.807, 2.05) is 7.05 Å². The summed E-state index contributed by atoms with van der Waals surface area (Å²) in [5, 5.41) is 10.7. The smallest absolute Gasteiger partial charge is 0.244 e. The summed E-state index contributed by atoms with van der Waals surface area (Å²) < 4.78 is 1.54. The maximum atomic E-state index is 11.8. The molecule has 0 aliphatic carbocycles. The number of amides is 1. The molecule has 0 bridgehead atoms. The van der Waals surface area contributed by atoms with Gasteiger partial charge in [0.15, 0.2) is 0 Å². The van der Waals surface area contributed by atoms with Gasteiger partial charge in [0.05, 0.1) is 6.20 Å². The second-order valence-corrected chi connectivity index (χ2v) is 3.75. The van der Waals surface area contributed by atoms with Gasteiger partial charge in [-0.15, -0.1) is 5.10 Å². The number of hydrogen-bond donors (Lipinski definition) is 1. The van der Waals surface area contributed by atoms with Crippen LogP contribution in [0.4, 0.5) is 0 Å². The first-order valence-corrected chi connectivity index (χ1v) is 5.08. The average molecular weight is 209 g/mol. The van der Waals surface area contributed by atoms with Crippen LogP contribution in [0.25, 0.3) is 0 Å². The molecule has 0 aromatic carbocycles. The number of aromatic nitrogens is 3. The Morgan fingerprint density at radius 1 is 1.73 bits per heavy atom. The van der Waals surface area contributed by atoms with Crippen molar-refractivity contribution in [2.75, 3.05) is 20.1 Å². The summed E-state index contributed by atoms with van der Waals surface area (Å²) in [6, 6.07) is 0.320. The van der Waals surface area contributed by atoms with Crippen LogP contribution in [-0.4, -0.2) is 52.0 Å². The van der Waals surface area contributed by atoms with Crippen LogP contribution in [0.1, 0.15) is 6.42 Å². The molecule has 1 saturated heterocycles. The quantitative estimate of drug-likeness (QED) is 0.700. The van der Waals surface area contributed by atoms with Crippen molar-refractivity contribution in [1.29, 1.82) is 0 Å².